The van der Waals surface area contributed by atoms with Crippen LogP contribution in [0.15, 0.2) is 53.4 Å². The zero-order valence-electron chi connectivity index (χ0n) is 9.15. The molecule has 0 fully saturated rings. The Kier molecular flexibility index (Phi) is 3.22. The highest BCUT2D eigenvalue weighted by Crippen LogP contribution is 2.29. The molecule has 2 aromatic rings. The fraction of sp³-hybridized carbons (Fsp3) is 0. The molecule has 6 heteroatoms. The number of para-hydroxylation sites is 1. The fourth-order valence-electron chi connectivity index (χ4n) is 1.39. The first-order valence-corrected chi connectivity index (χ1v) is 6.44. The third kappa shape index (κ3) is 2.79. The molecule has 0 saturated carbocycles. The van der Waals surface area contributed by atoms with E-state index >= 15 is 0 Å². The van der Waals surface area contributed by atoms with Crippen molar-refractivity contribution < 1.29 is 22.8 Å². The summed E-state index contributed by atoms with van der Waals surface area (Å²) in [7, 11) is -4.34. The van der Waals surface area contributed by atoms with Gasteiger partial charge in [0.25, 0.3) is 10.1 Å². The van der Waals surface area contributed by atoms with Crippen molar-refractivity contribution in [1.29, 1.82) is 0 Å². The summed E-state index contributed by atoms with van der Waals surface area (Å²) in [5, 5.41) is 9.12. The zero-order valence-corrected chi connectivity index (χ0v) is 9.96. The first kappa shape index (κ1) is 12.4. The van der Waals surface area contributed by atoms with Gasteiger partial charge in [-0.25, -0.2) is 0 Å². The summed E-state index contributed by atoms with van der Waals surface area (Å²) >= 11 is 0. The molecule has 0 radical (unpaired) electrons. The molecule has 0 saturated heterocycles. The molecule has 0 unspecified atom stereocenters. The topological polar surface area (TPSA) is 83.8 Å². The van der Waals surface area contributed by atoms with Crippen molar-refractivity contribution in [2.75, 3.05) is 0 Å². The third-order valence-corrected chi connectivity index (χ3v) is 3.08. The number of phenols is 1. The molecule has 0 atom stereocenters. The number of aromatic hydroxyl groups is 1. The van der Waals surface area contributed by atoms with E-state index in [0.29, 0.717) is 5.75 Å². The van der Waals surface area contributed by atoms with Crippen LogP contribution in [0, 0.1) is 0 Å². The first-order chi connectivity index (χ1) is 8.47. The minimum atomic E-state index is -4.34. The van der Waals surface area contributed by atoms with Crippen molar-refractivity contribution in [3.05, 3.63) is 48.5 Å². The monoisotopic (exact) mass is 266 g/mol. The molecule has 0 heterocycles. The van der Waals surface area contributed by atoms with Crippen molar-refractivity contribution in [1.82, 2.24) is 0 Å². The van der Waals surface area contributed by atoms with Crippen LogP contribution < -0.4 is 4.74 Å². The highest BCUT2D eigenvalue weighted by atomic mass is 32.2. The lowest BCUT2D eigenvalue weighted by molar-refractivity contribution is 0.445. The summed E-state index contributed by atoms with van der Waals surface area (Å²) in [4.78, 5) is -0.307. The quantitative estimate of drug-likeness (QED) is 0.833. The first-order valence-electron chi connectivity index (χ1n) is 5.00. The van der Waals surface area contributed by atoms with E-state index in [1.165, 1.54) is 42.5 Å². The fourth-order valence-corrected chi connectivity index (χ4v) is 2.00. The molecule has 0 amide bonds. The maximum atomic E-state index is 11.1. The van der Waals surface area contributed by atoms with Gasteiger partial charge in [0.1, 0.15) is 22.1 Å². The minimum Gasteiger partial charge on any atom is -0.508 e. The van der Waals surface area contributed by atoms with Crippen LogP contribution in [0.2, 0.25) is 0 Å². The van der Waals surface area contributed by atoms with E-state index in [-0.39, 0.29) is 16.4 Å². The summed E-state index contributed by atoms with van der Waals surface area (Å²) in [5.74, 6) is 0.444. The molecule has 0 aliphatic rings. The summed E-state index contributed by atoms with van der Waals surface area (Å²) in [5.41, 5.74) is 0. The number of hydrogen-bond donors (Lipinski definition) is 2. The predicted octanol–water partition coefficient (Wildman–Crippen LogP) is 2.43. The number of rotatable bonds is 3. The summed E-state index contributed by atoms with van der Waals surface area (Å²) in [6, 6.07) is 11.5. The zero-order chi connectivity index (χ0) is 13.2. The van der Waals surface area contributed by atoms with Crippen LogP contribution in [-0.4, -0.2) is 18.1 Å². The van der Waals surface area contributed by atoms with E-state index in [0.717, 1.165) is 0 Å². The van der Waals surface area contributed by atoms with E-state index in [9.17, 15) is 8.42 Å². The highest BCUT2D eigenvalue weighted by molar-refractivity contribution is 7.86. The predicted molar refractivity (Wildman–Crippen MR) is 64.4 cm³/mol. The van der Waals surface area contributed by atoms with Crippen LogP contribution >= 0.6 is 0 Å². The molecule has 5 nitrogen and oxygen atoms in total. The van der Waals surface area contributed by atoms with Gasteiger partial charge in [-0.1, -0.05) is 12.1 Å². The van der Waals surface area contributed by atoms with Gasteiger partial charge in [-0.05, 0) is 36.4 Å². The lowest BCUT2D eigenvalue weighted by Gasteiger charge is -2.08. The van der Waals surface area contributed by atoms with E-state index < -0.39 is 10.1 Å². The van der Waals surface area contributed by atoms with Crippen molar-refractivity contribution in [3.63, 3.8) is 0 Å². The second-order valence-electron chi connectivity index (χ2n) is 3.52. The Morgan fingerprint density at radius 1 is 0.944 bits per heavy atom. The number of hydrogen-bond acceptors (Lipinski definition) is 4. The summed E-state index contributed by atoms with van der Waals surface area (Å²) in [6.07, 6.45) is 0. The standard InChI is InChI=1S/C12H10O5S/c13-9-5-7-10(8-6-9)17-11-3-1-2-4-12(11)18(14,15)16/h1-8,13H,(H,14,15,16). The second kappa shape index (κ2) is 4.67. The van der Waals surface area contributed by atoms with Crippen molar-refractivity contribution in [2.24, 2.45) is 0 Å². The minimum absolute atomic E-state index is 0.0192. The van der Waals surface area contributed by atoms with Gasteiger partial charge in [0, 0.05) is 0 Å². The molecular weight excluding hydrogens is 256 g/mol. The molecule has 0 aliphatic heterocycles. The van der Waals surface area contributed by atoms with Crippen molar-refractivity contribution >= 4 is 10.1 Å². The smallest absolute Gasteiger partial charge is 0.298 e. The molecule has 2 aromatic carbocycles. The van der Waals surface area contributed by atoms with E-state index in [1.807, 2.05) is 0 Å². The third-order valence-electron chi connectivity index (χ3n) is 2.19. The Morgan fingerprint density at radius 2 is 1.56 bits per heavy atom. The van der Waals surface area contributed by atoms with Crippen LogP contribution in [0.25, 0.3) is 0 Å². The van der Waals surface area contributed by atoms with E-state index in [1.54, 1.807) is 6.07 Å². The Balaban J connectivity index is 2.38. The van der Waals surface area contributed by atoms with Gasteiger partial charge in [-0.3, -0.25) is 4.55 Å². The summed E-state index contributed by atoms with van der Waals surface area (Å²) < 4.78 is 36.7. The molecule has 0 spiro atoms. The van der Waals surface area contributed by atoms with Crippen LogP contribution in [0.1, 0.15) is 0 Å². The second-order valence-corrected chi connectivity index (χ2v) is 4.91. The average molecular weight is 266 g/mol. The van der Waals surface area contributed by atoms with Crippen LogP contribution in [0.5, 0.6) is 17.2 Å². The maximum absolute atomic E-state index is 11.1. The van der Waals surface area contributed by atoms with Crippen LogP contribution in [0.4, 0.5) is 0 Å². The number of ether oxygens (including phenoxy) is 1. The Hall–Kier alpha value is -2.05. The van der Waals surface area contributed by atoms with Crippen LogP contribution in [-0.2, 0) is 10.1 Å². The maximum Gasteiger partial charge on any atom is 0.298 e. The van der Waals surface area contributed by atoms with Crippen molar-refractivity contribution in [3.8, 4) is 17.2 Å². The molecule has 94 valence electrons. The molecule has 0 aromatic heterocycles. The Morgan fingerprint density at radius 3 is 2.17 bits per heavy atom. The van der Waals surface area contributed by atoms with Gasteiger partial charge < -0.3 is 9.84 Å². The Bertz CT molecular complexity index is 646. The van der Waals surface area contributed by atoms with Gasteiger partial charge in [0.2, 0.25) is 0 Å². The summed E-state index contributed by atoms with van der Waals surface area (Å²) in [6.45, 7) is 0. The number of benzene rings is 2. The lowest BCUT2D eigenvalue weighted by Crippen LogP contribution is -2.00. The number of phenolic OH excluding ortho intramolecular Hbond substituents is 1. The molecular formula is C12H10O5S. The lowest BCUT2D eigenvalue weighted by atomic mass is 10.3. The molecule has 2 N–H and O–H groups in total. The highest BCUT2D eigenvalue weighted by Gasteiger charge is 2.16. The largest absolute Gasteiger partial charge is 0.508 e. The Labute approximate surface area is 104 Å². The normalized spacial score (nSPS) is 11.2. The van der Waals surface area contributed by atoms with Gasteiger partial charge in [0.05, 0.1) is 0 Å². The average Bonchev–Trinajstić information content (AvgIpc) is 2.31. The van der Waals surface area contributed by atoms with Crippen molar-refractivity contribution in [2.45, 2.75) is 4.90 Å². The molecule has 0 bridgehead atoms. The van der Waals surface area contributed by atoms with Gasteiger partial charge in [-0.15, -0.1) is 0 Å². The van der Waals surface area contributed by atoms with Gasteiger partial charge in [0.15, 0.2) is 0 Å². The molecule has 0 aliphatic carbocycles. The van der Waals surface area contributed by atoms with Gasteiger partial charge in [-0.2, -0.15) is 8.42 Å². The van der Waals surface area contributed by atoms with Gasteiger partial charge >= 0.3 is 0 Å². The molecule has 18 heavy (non-hydrogen) atoms. The molecule has 2 rings (SSSR count). The van der Waals surface area contributed by atoms with E-state index in [2.05, 4.69) is 0 Å². The SMILES string of the molecule is O=S(=O)(O)c1ccccc1Oc1ccc(O)cc1. The van der Waals surface area contributed by atoms with Crippen LogP contribution in [0.3, 0.4) is 0 Å². The van der Waals surface area contributed by atoms with E-state index in [4.69, 9.17) is 14.4 Å².